The predicted octanol–water partition coefficient (Wildman–Crippen LogP) is 0.615. The zero-order valence-electron chi connectivity index (χ0n) is 13.7. The summed E-state index contributed by atoms with van der Waals surface area (Å²) in [6, 6.07) is 1.90. The largest absolute Gasteiger partial charge is 0.542 e. The highest BCUT2D eigenvalue weighted by atomic mass is 32.1. The highest BCUT2D eigenvalue weighted by Gasteiger charge is 2.28. The molecule has 146 valence electrons. The third-order valence-electron chi connectivity index (χ3n) is 2.92. The van der Waals surface area contributed by atoms with Gasteiger partial charge in [0, 0.05) is 29.6 Å². The van der Waals surface area contributed by atoms with Crippen molar-refractivity contribution in [2.45, 2.75) is 32.0 Å². The number of carboxylic acids is 2. The summed E-state index contributed by atoms with van der Waals surface area (Å²) in [7, 11) is 0. The average molecular weight is 405 g/mol. The van der Waals surface area contributed by atoms with Crippen LogP contribution in [0.3, 0.4) is 0 Å². The van der Waals surface area contributed by atoms with Gasteiger partial charge in [-0.05, 0) is 5.10 Å². The van der Waals surface area contributed by atoms with E-state index in [0.29, 0.717) is 13.0 Å². The monoisotopic (exact) mass is 405 g/mol. The molecule has 8 nitrogen and oxygen atoms in total. The van der Waals surface area contributed by atoms with Gasteiger partial charge in [-0.1, -0.05) is 4.68 Å². The number of alkyl halides is 3. The van der Waals surface area contributed by atoms with Crippen molar-refractivity contribution in [3.05, 3.63) is 30.0 Å². The van der Waals surface area contributed by atoms with Crippen molar-refractivity contribution in [3.8, 4) is 10.6 Å². The number of aromatic nitrogens is 3. The van der Waals surface area contributed by atoms with Gasteiger partial charge in [0.05, 0.1) is 12.8 Å². The van der Waals surface area contributed by atoms with Crippen molar-refractivity contribution in [1.29, 1.82) is 0 Å². The second-order valence-corrected chi connectivity index (χ2v) is 5.88. The number of halogens is 3. The maximum absolute atomic E-state index is 11.5. The number of rotatable bonds is 7. The Morgan fingerprint density at radius 2 is 1.89 bits per heavy atom. The summed E-state index contributed by atoms with van der Waals surface area (Å²) >= 11 is 1.54. The Labute approximate surface area is 154 Å². The van der Waals surface area contributed by atoms with E-state index >= 15 is 0 Å². The van der Waals surface area contributed by atoms with Crippen LogP contribution < -0.4 is 9.79 Å². The zero-order chi connectivity index (χ0) is 20.4. The van der Waals surface area contributed by atoms with E-state index in [1.165, 1.54) is 11.3 Å². The third kappa shape index (κ3) is 8.85. The molecule has 0 spiro atoms. The minimum atomic E-state index is -5.19. The van der Waals surface area contributed by atoms with E-state index in [2.05, 4.69) is 10.1 Å². The molecule has 2 aromatic rings. The summed E-state index contributed by atoms with van der Waals surface area (Å²) in [5.74, 6) is -4.02. The molecular formula is C15H14F3N3O5S. The van der Waals surface area contributed by atoms with Crippen LogP contribution in [0.25, 0.3) is 10.6 Å². The van der Waals surface area contributed by atoms with Gasteiger partial charge in [-0.2, -0.15) is 13.2 Å². The van der Waals surface area contributed by atoms with Gasteiger partial charge >= 0.3 is 12.1 Å². The van der Waals surface area contributed by atoms with Gasteiger partial charge in [0.2, 0.25) is 0 Å². The lowest BCUT2D eigenvalue weighted by molar-refractivity contribution is -0.752. The number of carboxylic acid groups (broad SMARTS) is 2. The van der Waals surface area contributed by atoms with Crippen molar-refractivity contribution >= 4 is 29.1 Å². The molecular weight excluding hydrogens is 391 g/mol. The molecule has 0 bridgehead atoms. The number of Topliss-reactive ketones (excluding diaryl/α,β-unsaturated/α-hetero) is 1. The van der Waals surface area contributed by atoms with Gasteiger partial charge in [0.25, 0.3) is 0 Å². The van der Waals surface area contributed by atoms with E-state index in [0.717, 1.165) is 10.6 Å². The van der Waals surface area contributed by atoms with Crippen LogP contribution >= 0.6 is 11.3 Å². The molecule has 2 heterocycles. The number of nitrogens with zero attached hydrogens (tertiary/aromatic N) is 3. The third-order valence-corrected chi connectivity index (χ3v) is 3.74. The standard InChI is InChI=1S/C13H13N3O3S.C2HF3O2/c17-11(1-2-12(18)19)4-7-16-6-3-10(9-15-16)13-14-5-8-20-13;3-2(4,5)1(6)7/h3,5-6,8-9H,1-2,4,7H2;(H,6,7). The highest BCUT2D eigenvalue weighted by Crippen LogP contribution is 2.18. The number of aryl methyl sites for hydroxylation is 1. The van der Waals surface area contributed by atoms with Crippen molar-refractivity contribution in [3.63, 3.8) is 0 Å². The lowest BCUT2D eigenvalue weighted by atomic mass is 10.2. The summed E-state index contributed by atoms with van der Waals surface area (Å²) in [5, 5.41) is 24.3. The van der Waals surface area contributed by atoms with Gasteiger partial charge < -0.3 is 15.0 Å². The van der Waals surface area contributed by atoms with Crippen LogP contribution in [0.5, 0.6) is 0 Å². The Balaban J connectivity index is 0.000000445. The molecule has 2 rings (SSSR count). The summed E-state index contributed by atoms with van der Waals surface area (Å²) in [5.41, 5.74) is 0.938. The molecule has 0 saturated carbocycles. The number of thiazole rings is 1. The second kappa shape index (κ2) is 10.3. The topological polar surface area (TPSA) is 124 Å². The van der Waals surface area contributed by atoms with Gasteiger partial charge in [-0.15, -0.1) is 11.3 Å². The molecule has 0 amide bonds. The Hall–Kier alpha value is -2.89. The molecule has 0 radical (unpaired) electrons. The van der Waals surface area contributed by atoms with Crippen LogP contribution in [0.2, 0.25) is 0 Å². The van der Waals surface area contributed by atoms with Gasteiger partial charge in [-0.3, -0.25) is 9.59 Å². The molecule has 0 saturated heterocycles. The molecule has 0 aliphatic carbocycles. The fraction of sp³-hybridized carbons (Fsp3) is 0.333. The minimum Gasteiger partial charge on any atom is -0.542 e. The first-order valence-electron chi connectivity index (χ1n) is 7.37. The molecule has 0 atom stereocenters. The molecule has 0 unspecified atom stereocenters. The Morgan fingerprint density at radius 3 is 2.33 bits per heavy atom. The second-order valence-electron chi connectivity index (χ2n) is 4.98. The van der Waals surface area contributed by atoms with Gasteiger partial charge in [-0.25, -0.2) is 4.98 Å². The first-order valence-corrected chi connectivity index (χ1v) is 8.25. The number of hydrogen-bond acceptors (Lipinski definition) is 7. The molecule has 0 aliphatic heterocycles. The van der Waals surface area contributed by atoms with Crippen LogP contribution in [-0.2, 0) is 20.9 Å². The first kappa shape index (κ1) is 22.2. The van der Waals surface area contributed by atoms with Crippen LogP contribution in [0.15, 0.2) is 30.0 Å². The van der Waals surface area contributed by atoms with Crippen molar-refractivity contribution in [1.82, 2.24) is 10.1 Å². The molecule has 1 N–H and O–H groups in total. The average Bonchev–Trinajstić information content (AvgIpc) is 3.13. The van der Waals surface area contributed by atoms with E-state index < -0.39 is 18.1 Å². The van der Waals surface area contributed by atoms with Gasteiger partial charge in [0.1, 0.15) is 23.0 Å². The van der Waals surface area contributed by atoms with Crippen molar-refractivity contribution in [2.75, 3.05) is 0 Å². The molecule has 0 aliphatic rings. The van der Waals surface area contributed by atoms with Gasteiger partial charge in [0.15, 0.2) is 12.7 Å². The minimum absolute atomic E-state index is 0.0642. The Bertz CT molecular complexity index is 764. The van der Waals surface area contributed by atoms with Crippen LogP contribution in [0, 0.1) is 0 Å². The van der Waals surface area contributed by atoms with Crippen LogP contribution in [0.4, 0.5) is 13.2 Å². The number of carbonyl (C=O) groups is 3. The van der Waals surface area contributed by atoms with E-state index in [-0.39, 0.29) is 18.6 Å². The van der Waals surface area contributed by atoms with E-state index in [1.54, 1.807) is 23.3 Å². The van der Waals surface area contributed by atoms with Crippen LogP contribution in [-0.4, -0.2) is 39.1 Å². The Morgan fingerprint density at radius 1 is 1.22 bits per heavy atom. The Kier molecular flexibility index (Phi) is 8.45. The quantitative estimate of drug-likeness (QED) is 0.670. The summed E-state index contributed by atoms with van der Waals surface area (Å²) in [4.78, 5) is 34.8. The molecule has 0 aromatic carbocycles. The zero-order valence-corrected chi connectivity index (χ0v) is 14.5. The summed E-state index contributed by atoms with van der Waals surface area (Å²) in [6.07, 6.45) is 0.304. The van der Waals surface area contributed by atoms with E-state index in [9.17, 15) is 22.8 Å². The maximum atomic E-state index is 11.5. The molecule has 27 heavy (non-hydrogen) atoms. The van der Waals surface area contributed by atoms with Crippen LogP contribution in [0.1, 0.15) is 19.3 Å². The maximum Gasteiger partial charge on any atom is 0.430 e. The molecule has 2 aromatic heterocycles. The molecule has 0 fully saturated rings. The first-order chi connectivity index (χ1) is 12.6. The fourth-order valence-electron chi connectivity index (χ4n) is 1.62. The molecule has 12 heteroatoms. The van der Waals surface area contributed by atoms with E-state index in [4.69, 9.17) is 15.0 Å². The fourth-order valence-corrected chi connectivity index (χ4v) is 2.25. The van der Waals surface area contributed by atoms with Crippen molar-refractivity contribution in [2.24, 2.45) is 0 Å². The number of hydrogen-bond donors (Lipinski definition) is 1. The summed E-state index contributed by atoms with van der Waals surface area (Å²) in [6.45, 7) is 0.455. The lowest BCUT2D eigenvalue weighted by Gasteiger charge is -2.03. The SMILES string of the molecule is O=C(O)CCC(=O)CC[n+]1ccc(-c2nccs2)cn1.O=C([O-])C(F)(F)F. The summed E-state index contributed by atoms with van der Waals surface area (Å²) < 4.78 is 33.2. The lowest BCUT2D eigenvalue weighted by Crippen LogP contribution is -2.38. The van der Waals surface area contributed by atoms with Crippen molar-refractivity contribution < 1.29 is 42.4 Å². The number of ketones is 1. The predicted molar refractivity (Wildman–Crippen MR) is 83.1 cm³/mol. The van der Waals surface area contributed by atoms with E-state index in [1.807, 2.05) is 11.4 Å². The smallest absolute Gasteiger partial charge is 0.430 e. The number of aliphatic carboxylic acids is 2. The normalized spacial score (nSPS) is 10.6. The number of carbonyl (C=O) groups excluding carboxylic acids is 2. The highest BCUT2D eigenvalue weighted by molar-refractivity contribution is 7.13.